The number of amides is 4. The molecule has 0 aliphatic carbocycles. The number of nitrogens with one attached hydrogen (secondary N) is 3. The highest BCUT2D eigenvalue weighted by atomic mass is 33.1. The van der Waals surface area contributed by atoms with Crippen molar-refractivity contribution in [2.45, 2.75) is 110 Å². The van der Waals surface area contributed by atoms with Gasteiger partial charge in [-0.2, -0.15) is 0 Å². The monoisotopic (exact) mass is 765 g/mol. The predicted molar refractivity (Wildman–Crippen MR) is 214 cm³/mol. The molecule has 4 rings (SSSR count). The third-order valence-electron chi connectivity index (χ3n) is 8.87. The molecular formula is C39H55N7O5S2. The number of benzene rings is 2. The Morgan fingerprint density at radius 3 is 2.30 bits per heavy atom. The van der Waals surface area contributed by atoms with Crippen molar-refractivity contribution in [3.05, 3.63) is 54.1 Å². The van der Waals surface area contributed by atoms with Crippen LogP contribution < -0.4 is 20.9 Å². The van der Waals surface area contributed by atoms with E-state index in [1.54, 1.807) is 38.2 Å². The van der Waals surface area contributed by atoms with E-state index in [1.165, 1.54) is 0 Å². The lowest BCUT2D eigenvalue weighted by atomic mass is 9.95. The van der Waals surface area contributed by atoms with E-state index in [0.717, 1.165) is 41.0 Å². The first-order chi connectivity index (χ1) is 25.2. The van der Waals surface area contributed by atoms with Crippen molar-refractivity contribution >= 4 is 50.9 Å². The third kappa shape index (κ3) is 12.6. The molecule has 0 unspecified atom stereocenters. The number of hydrogen-bond donors (Lipinski definition) is 3. The summed E-state index contributed by atoms with van der Waals surface area (Å²) in [6.07, 6.45) is 2.99. The largest absolute Gasteiger partial charge is 0.375 e. The number of aromatic nitrogens is 3. The number of fused-ring (bicyclic) bond motifs is 5. The number of ether oxygens (including phenoxy) is 1. The lowest BCUT2D eigenvalue weighted by Crippen LogP contribution is -2.45. The van der Waals surface area contributed by atoms with Crippen molar-refractivity contribution in [1.29, 1.82) is 0 Å². The number of nitrogens with zero attached hydrogens (tertiary/aromatic N) is 4. The van der Waals surface area contributed by atoms with E-state index in [0.29, 0.717) is 36.5 Å². The molecule has 0 bridgehead atoms. The van der Waals surface area contributed by atoms with Gasteiger partial charge >= 0.3 is 0 Å². The average Bonchev–Trinajstić information content (AvgIpc) is 3.50. The molecule has 1 aliphatic heterocycles. The lowest BCUT2D eigenvalue weighted by molar-refractivity contribution is -0.126. The number of hydrogen-bond acceptors (Lipinski definition) is 9. The minimum atomic E-state index is -0.522. The molecule has 1 aromatic heterocycles. The second kappa shape index (κ2) is 19.4. The third-order valence-corrected chi connectivity index (χ3v) is 11.4. The van der Waals surface area contributed by atoms with Gasteiger partial charge in [0.25, 0.3) is 0 Å². The molecule has 2 heterocycles. The summed E-state index contributed by atoms with van der Waals surface area (Å²) in [4.78, 5) is 52.9. The Morgan fingerprint density at radius 2 is 1.57 bits per heavy atom. The van der Waals surface area contributed by atoms with E-state index < -0.39 is 5.54 Å². The van der Waals surface area contributed by atoms with Crippen LogP contribution in [0.25, 0.3) is 22.5 Å². The summed E-state index contributed by atoms with van der Waals surface area (Å²) in [6, 6.07) is 15.5. The molecular weight excluding hydrogens is 711 g/mol. The van der Waals surface area contributed by atoms with Crippen LogP contribution in [0.2, 0.25) is 0 Å². The molecule has 3 N–H and O–H groups in total. The summed E-state index contributed by atoms with van der Waals surface area (Å²) in [5.74, 6) is 1.41. The van der Waals surface area contributed by atoms with Gasteiger partial charge < -0.3 is 25.6 Å². The zero-order valence-electron chi connectivity index (χ0n) is 32.1. The number of carbonyl (C=O) groups excluding carboxylic acids is 4. The number of likely N-dealkylation sites (N-methyl/N-ethyl adjacent to an activating group) is 1. The van der Waals surface area contributed by atoms with E-state index >= 15 is 0 Å². The first-order valence-electron chi connectivity index (χ1n) is 18.3. The molecule has 1 aliphatic rings. The standard InChI is InChI=1S/C39H55N7O5S2/c1-27(2)41-32(47)17-12-23-52-53-24-21-39(5,6)51-22-20-38(3,4)42-33(48)18-19-35(50)45-25-28-13-8-9-14-29(28)37-36(30-15-10-11-16-31(30)45)43-44-46(37)26-34(49)40-7/h8-11,13-16,27H,12,17-26H2,1-7H3,(H,40,49)(H,41,47)(H,42,48). The quantitative estimate of drug-likeness (QED) is 0.0968. The number of anilines is 1. The Morgan fingerprint density at radius 1 is 0.868 bits per heavy atom. The fourth-order valence-electron chi connectivity index (χ4n) is 5.97. The van der Waals surface area contributed by atoms with Crippen LogP contribution in [0.5, 0.6) is 0 Å². The fraction of sp³-hybridized carbons (Fsp3) is 0.538. The molecule has 3 aromatic rings. The van der Waals surface area contributed by atoms with E-state index in [-0.39, 0.29) is 61.2 Å². The predicted octanol–water partition coefficient (Wildman–Crippen LogP) is 6.14. The van der Waals surface area contributed by atoms with Gasteiger partial charge in [-0.15, -0.1) is 5.10 Å². The molecule has 4 amide bonds. The average molecular weight is 766 g/mol. The van der Waals surface area contributed by atoms with E-state index in [4.69, 9.17) is 4.74 Å². The summed E-state index contributed by atoms with van der Waals surface area (Å²) in [5.41, 5.74) is 3.58. The van der Waals surface area contributed by atoms with Crippen molar-refractivity contribution in [2.75, 3.05) is 30.1 Å². The van der Waals surface area contributed by atoms with Gasteiger partial charge in [0.1, 0.15) is 12.2 Å². The smallest absolute Gasteiger partial charge is 0.241 e. The minimum absolute atomic E-state index is 0.00864. The molecule has 12 nitrogen and oxygen atoms in total. The summed E-state index contributed by atoms with van der Waals surface area (Å²) in [5, 5.41) is 17.5. The van der Waals surface area contributed by atoms with Gasteiger partial charge in [0, 0.05) is 67.1 Å². The molecule has 0 saturated heterocycles. The fourth-order valence-corrected chi connectivity index (χ4v) is 8.35. The molecule has 53 heavy (non-hydrogen) atoms. The highest BCUT2D eigenvalue weighted by molar-refractivity contribution is 8.76. The van der Waals surface area contributed by atoms with Crippen LogP contribution in [0.3, 0.4) is 0 Å². The highest BCUT2D eigenvalue weighted by Crippen LogP contribution is 2.41. The first kappa shape index (κ1) is 41.9. The summed E-state index contributed by atoms with van der Waals surface area (Å²) >= 11 is 0. The van der Waals surface area contributed by atoms with Crippen LogP contribution >= 0.6 is 21.6 Å². The maximum absolute atomic E-state index is 13.9. The number of rotatable bonds is 19. The van der Waals surface area contributed by atoms with Gasteiger partial charge in [0.2, 0.25) is 23.6 Å². The van der Waals surface area contributed by atoms with Crippen LogP contribution in [0.1, 0.15) is 85.6 Å². The van der Waals surface area contributed by atoms with Gasteiger partial charge in [0.05, 0.1) is 23.5 Å². The van der Waals surface area contributed by atoms with E-state index in [2.05, 4.69) is 40.1 Å². The van der Waals surface area contributed by atoms with Crippen LogP contribution in [0.4, 0.5) is 5.69 Å². The summed E-state index contributed by atoms with van der Waals surface area (Å²) in [6.45, 7) is 12.8. The van der Waals surface area contributed by atoms with Crippen LogP contribution in [0, 0.1) is 0 Å². The van der Waals surface area contributed by atoms with Crippen molar-refractivity contribution < 1.29 is 23.9 Å². The van der Waals surface area contributed by atoms with Gasteiger partial charge in [0.15, 0.2) is 0 Å². The molecule has 0 saturated carbocycles. The van der Waals surface area contributed by atoms with Crippen molar-refractivity contribution in [2.24, 2.45) is 0 Å². The number of carbonyl (C=O) groups is 4. The normalized spacial score (nSPS) is 12.6. The molecule has 0 fully saturated rings. The van der Waals surface area contributed by atoms with E-state index in [9.17, 15) is 19.2 Å². The van der Waals surface area contributed by atoms with E-state index in [1.807, 2.05) is 76.2 Å². The molecule has 288 valence electrons. The maximum Gasteiger partial charge on any atom is 0.241 e. The highest BCUT2D eigenvalue weighted by Gasteiger charge is 2.30. The minimum Gasteiger partial charge on any atom is -0.375 e. The Bertz CT molecular complexity index is 1730. The SMILES string of the molecule is CNC(=O)Cn1nnc2c1-c1ccccc1CN(C(=O)CCC(=O)NC(C)(C)CCOC(C)(C)CCSSCCCC(=O)NC(C)C)c1ccccc1-2. The Balaban J connectivity index is 1.28. The lowest BCUT2D eigenvalue weighted by Gasteiger charge is -2.31. The van der Waals surface area contributed by atoms with Crippen molar-refractivity contribution in [3.8, 4) is 22.5 Å². The Kier molecular flexibility index (Phi) is 15.4. The number of para-hydroxylation sites is 1. The topological polar surface area (TPSA) is 148 Å². The first-order valence-corrected chi connectivity index (χ1v) is 20.8. The van der Waals surface area contributed by atoms with Gasteiger partial charge in [-0.1, -0.05) is 69.3 Å². The molecule has 2 aromatic carbocycles. The van der Waals surface area contributed by atoms with Crippen LogP contribution in [-0.4, -0.2) is 81.0 Å². The zero-order valence-corrected chi connectivity index (χ0v) is 33.8. The van der Waals surface area contributed by atoms with Crippen LogP contribution in [0.15, 0.2) is 48.5 Å². The zero-order chi connectivity index (χ0) is 38.6. The van der Waals surface area contributed by atoms with Gasteiger partial charge in [-0.05, 0) is 72.4 Å². The maximum atomic E-state index is 13.9. The second-order valence-corrected chi connectivity index (χ2v) is 17.5. The second-order valence-electron chi connectivity index (χ2n) is 14.8. The van der Waals surface area contributed by atoms with Gasteiger partial charge in [-0.3, -0.25) is 19.2 Å². The van der Waals surface area contributed by atoms with Gasteiger partial charge in [-0.25, -0.2) is 4.68 Å². The summed E-state index contributed by atoms with van der Waals surface area (Å²) in [7, 11) is 5.17. The van der Waals surface area contributed by atoms with Crippen molar-refractivity contribution in [3.63, 3.8) is 0 Å². The molecule has 0 spiro atoms. The molecule has 14 heteroatoms. The Hall–Kier alpha value is -3.88. The van der Waals surface area contributed by atoms with Crippen LogP contribution in [-0.2, 0) is 37.0 Å². The van der Waals surface area contributed by atoms with Crippen molar-refractivity contribution in [1.82, 2.24) is 30.9 Å². The Labute approximate surface area is 321 Å². The summed E-state index contributed by atoms with van der Waals surface area (Å²) < 4.78 is 7.83. The molecule has 0 atom stereocenters. The molecule has 0 radical (unpaired) electrons.